The van der Waals surface area contributed by atoms with Gasteiger partial charge in [0.05, 0.1) is 11.8 Å². The summed E-state index contributed by atoms with van der Waals surface area (Å²) >= 11 is 0. The zero-order valence-electron chi connectivity index (χ0n) is 17.1. The molecular weight excluding hydrogens is 366 g/mol. The van der Waals surface area contributed by atoms with Crippen molar-refractivity contribution in [2.45, 2.75) is 46.0 Å². The number of ether oxygens (including phenoxy) is 1. The van der Waals surface area contributed by atoms with Crippen molar-refractivity contribution in [3.8, 4) is 11.5 Å². The molecule has 0 bridgehead atoms. The van der Waals surface area contributed by atoms with Gasteiger partial charge in [-0.05, 0) is 74.1 Å². The summed E-state index contributed by atoms with van der Waals surface area (Å²) < 4.78 is 5.93. The van der Waals surface area contributed by atoms with Crippen LogP contribution in [0.2, 0.25) is 0 Å². The lowest BCUT2D eigenvalue weighted by molar-refractivity contribution is -0.148. The van der Waals surface area contributed by atoms with E-state index >= 15 is 0 Å². The third-order valence-electron chi connectivity index (χ3n) is 5.49. The van der Waals surface area contributed by atoms with Crippen LogP contribution < -0.4 is 10.1 Å². The number of nitrogens with one attached hydrogen (secondary N) is 1. The quantitative estimate of drug-likeness (QED) is 0.716. The Morgan fingerprint density at radius 2 is 1.59 bits per heavy atom. The summed E-state index contributed by atoms with van der Waals surface area (Å²) in [6.45, 7) is 4.59. The monoisotopic (exact) mass is 395 g/mol. The van der Waals surface area contributed by atoms with Crippen molar-refractivity contribution in [3.05, 3.63) is 59.2 Å². The van der Waals surface area contributed by atoms with Crippen LogP contribution in [0.1, 0.15) is 42.4 Å². The van der Waals surface area contributed by atoms with Crippen LogP contribution in [0, 0.1) is 25.7 Å². The van der Waals surface area contributed by atoms with E-state index in [2.05, 4.69) is 11.4 Å². The lowest BCUT2D eigenvalue weighted by atomic mass is 9.78. The number of carboxylic acid groups (broad SMARTS) is 1. The maximum absolute atomic E-state index is 12.4. The molecule has 0 radical (unpaired) electrons. The fourth-order valence-electron chi connectivity index (χ4n) is 4.05. The first-order valence-electron chi connectivity index (χ1n) is 10.3. The van der Waals surface area contributed by atoms with E-state index in [-0.39, 0.29) is 5.91 Å². The Morgan fingerprint density at radius 3 is 2.21 bits per heavy atom. The fraction of sp³-hybridized carbons (Fsp3) is 0.417. The molecule has 29 heavy (non-hydrogen) atoms. The Kier molecular flexibility index (Phi) is 6.91. The summed E-state index contributed by atoms with van der Waals surface area (Å²) in [5.41, 5.74) is 3.42. The normalized spacial score (nSPS) is 18.8. The molecule has 2 aromatic rings. The van der Waals surface area contributed by atoms with E-state index in [1.807, 2.05) is 50.2 Å². The summed E-state index contributed by atoms with van der Waals surface area (Å²) in [6, 6.07) is 14.0. The van der Waals surface area contributed by atoms with Gasteiger partial charge in [0, 0.05) is 6.54 Å². The molecule has 0 aromatic heterocycles. The highest BCUT2D eigenvalue weighted by molar-refractivity contribution is 5.84. The SMILES string of the molecule is Cc1cc(C)cc(Oc2ccc(CCNC(=O)C3CCCCC3C(=O)O)cc2)c1. The van der Waals surface area contributed by atoms with Crippen LogP contribution >= 0.6 is 0 Å². The molecule has 0 heterocycles. The van der Waals surface area contributed by atoms with Crippen molar-refractivity contribution >= 4 is 11.9 Å². The molecule has 2 atom stereocenters. The number of rotatable bonds is 7. The highest BCUT2D eigenvalue weighted by Crippen LogP contribution is 2.30. The van der Waals surface area contributed by atoms with Gasteiger partial charge < -0.3 is 15.2 Å². The smallest absolute Gasteiger partial charge is 0.307 e. The maximum Gasteiger partial charge on any atom is 0.307 e. The van der Waals surface area contributed by atoms with E-state index in [0.29, 0.717) is 25.8 Å². The Morgan fingerprint density at radius 1 is 0.966 bits per heavy atom. The number of benzene rings is 2. The second kappa shape index (κ2) is 9.59. The van der Waals surface area contributed by atoms with Crippen LogP contribution in [-0.2, 0) is 16.0 Å². The van der Waals surface area contributed by atoms with E-state index in [1.54, 1.807) is 0 Å². The van der Waals surface area contributed by atoms with Crippen molar-refractivity contribution in [1.29, 1.82) is 0 Å². The summed E-state index contributed by atoms with van der Waals surface area (Å²) in [5, 5.41) is 12.3. The van der Waals surface area contributed by atoms with Gasteiger partial charge in [-0.25, -0.2) is 0 Å². The molecule has 2 aromatic carbocycles. The molecule has 5 nitrogen and oxygen atoms in total. The van der Waals surface area contributed by atoms with E-state index in [0.717, 1.165) is 41.0 Å². The molecule has 1 aliphatic rings. The third-order valence-corrected chi connectivity index (χ3v) is 5.49. The molecule has 3 rings (SSSR count). The summed E-state index contributed by atoms with van der Waals surface area (Å²) in [4.78, 5) is 23.8. The van der Waals surface area contributed by atoms with Gasteiger partial charge in [0.1, 0.15) is 11.5 Å². The molecule has 1 aliphatic carbocycles. The van der Waals surface area contributed by atoms with Crippen molar-refractivity contribution in [1.82, 2.24) is 5.32 Å². The van der Waals surface area contributed by atoms with Gasteiger partial charge in [-0.1, -0.05) is 31.0 Å². The Balaban J connectivity index is 1.50. The number of carbonyl (C=O) groups excluding carboxylic acids is 1. The zero-order valence-corrected chi connectivity index (χ0v) is 17.1. The lowest BCUT2D eigenvalue weighted by Crippen LogP contribution is -2.40. The molecule has 2 N–H and O–H groups in total. The highest BCUT2D eigenvalue weighted by Gasteiger charge is 2.35. The summed E-state index contributed by atoms with van der Waals surface area (Å²) in [6.07, 6.45) is 3.75. The molecule has 0 aliphatic heterocycles. The molecule has 154 valence electrons. The van der Waals surface area contributed by atoms with E-state index < -0.39 is 17.8 Å². The highest BCUT2D eigenvalue weighted by atomic mass is 16.5. The number of carbonyl (C=O) groups is 2. The number of aliphatic carboxylic acids is 1. The fourth-order valence-corrected chi connectivity index (χ4v) is 4.05. The predicted molar refractivity (Wildman–Crippen MR) is 112 cm³/mol. The van der Waals surface area contributed by atoms with Crippen LogP contribution in [0.15, 0.2) is 42.5 Å². The molecule has 1 fully saturated rings. The molecule has 0 spiro atoms. The zero-order chi connectivity index (χ0) is 20.8. The molecule has 0 saturated heterocycles. The Labute approximate surface area is 172 Å². The van der Waals surface area contributed by atoms with Crippen molar-refractivity contribution in [2.75, 3.05) is 6.54 Å². The molecule has 1 saturated carbocycles. The minimum absolute atomic E-state index is 0.133. The van der Waals surface area contributed by atoms with Crippen molar-refractivity contribution in [3.63, 3.8) is 0 Å². The molecule has 5 heteroatoms. The van der Waals surface area contributed by atoms with Crippen LogP contribution in [0.4, 0.5) is 0 Å². The number of hydrogen-bond donors (Lipinski definition) is 2. The average molecular weight is 395 g/mol. The average Bonchev–Trinajstić information content (AvgIpc) is 2.68. The molecule has 1 amide bonds. The standard InChI is InChI=1S/C24H29NO4/c1-16-13-17(2)15-20(14-16)29-19-9-7-18(8-10-19)11-12-25-23(26)21-5-3-4-6-22(21)24(27)28/h7-10,13-15,21-22H,3-6,11-12H2,1-2H3,(H,25,26)(H,27,28). The van der Waals surface area contributed by atoms with Gasteiger partial charge in [-0.3, -0.25) is 9.59 Å². The molecule has 2 unspecified atom stereocenters. The predicted octanol–water partition coefficient (Wildman–Crippen LogP) is 4.65. The second-order valence-electron chi connectivity index (χ2n) is 7.95. The topological polar surface area (TPSA) is 75.6 Å². The van der Waals surface area contributed by atoms with E-state index in [1.165, 1.54) is 0 Å². The van der Waals surface area contributed by atoms with Gasteiger partial charge in [0.25, 0.3) is 0 Å². The largest absolute Gasteiger partial charge is 0.481 e. The van der Waals surface area contributed by atoms with Crippen LogP contribution in [0.5, 0.6) is 11.5 Å². The first kappa shape index (κ1) is 20.9. The number of amides is 1. The molecular formula is C24H29NO4. The van der Waals surface area contributed by atoms with Gasteiger partial charge >= 0.3 is 5.97 Å². The van der Waals surface area contributed by atoms with Gasteiger partial charge in [-0.2, -0.15) is 0 Å². The van der Waals surface area contributed by atoms with Crippen molar-refractivity contribution in [2.24, 2.45) is 11.8 Å². The Bertz CT molecular complexity index is 839. The number of aryl methyl sites for hydroxylation is 2. The lowest BCUT2D eigenvalue weighted by Gasteiger charge is -2.27. The first-order chi connectivity index (χ1) is 13.9. The van der Waals surface area contributed by atoms with Crippen molar-refractivity contribution < 1.29 is 19.4 Å². The maximum atomic E-state index is 12.4. The van der Waals surface area contributed by atoms with Crippen LogP contribution in [0.25, 0.3) is 0 Å². The third kappa shape index (κ3) is 5.83. The van der Waals surface area contributed by atoms with E-state index in [9.17, 15) is 14.7 Å². The number of carboxylic acids is 1. The van der Waals surface area contributed by atoms with E-state index in [4.69, 9.17) is 4.74 Å². The minimum atomic E-state index is -0.857. The Hall–Kier alpha value is -2.82. The van der Waals surface area contributed by atoms with Crippen LogP contribution in [-0.4, -0.2) is 23.5 Å². The van der Waals surface area contributed by atoms with Gasteiger partial charge in [0.15, 0.2) is 0 Å². The number of hydrogen-bond acceptors (Lipinski definition) is 3. The minimum Gasteiger partial charge on any atom is -0.481 e. The second-order valence-corrected chi connectivity index (χ2v) is 7.95. The van der Waals surface area contributed by atoms with Crippen LogP contribution in [0.3, 0.4) is 0 Å². The first-order valence-corrected chi connectivity index (χ1v) is 10.3. The van der Waals surface area contributed by atoms with Gasteiger partial charge in [-0.15, -0.1) is 0 Å². The summed E-state index contributed by atoms with van der Waals surface area (Å²) in [5.74, 6) is -0.353. The van der Waals surface area contributed by atoms with Gasteiger partial charge in [0.2, 0.25) is 5.91 Å². The summed E-state index contributed by atoms with van der Waals surface area (Å²) in [7, 11) is 0.